The lowest BCUT2D eigenvalue weighted by Gasteiger charge is -2.18. The van der Waals surface area contributed by atoms with Gasteiger partial charge in [0.2, 0.25) is 0 Å². The van der Waals surface area contributed by atoms with Crippen molar-refractivity contribution in [3.05, 3.63) is 57.9 Å². The number of hydrazone groups is 1. The Labute approximate surface area is 173 Å². The summed E-state index contributed by atoms with van der Waals surface area (Å²) in [4.78, 5) is 12.1. The molecule has 0 aromatic heterocycles. The molecule has 0 aliphatic heterocycles. The zero-order valence-corrected chi connectivity index (χ0v) is 17.1. The maximum absolute atomic E-state index is 13.9. The molecule has 2 aromatic rings. The highest BCUT2D eigenvalue weighted by molar-refractivity contribution is 6.32. The first kappa shape index (κ1) is 22.2. The molecule has 0 fully saturated rings. The summed E-state index contributed by atoms with van der Waals surface area (Å²) in [6.45, 7) is 6.19. The van der Waals surface area contributed by atoms with Crippen LogP contribution in [0, 0.1) is 17.1 Å². The number of hydrogen-bond acceptors (Lipinski definition) is 5. The van der Waals surface area contributed by atoms with Crippen molar-refractivity contribution in [2.24, 2.45) is 5.10 Å². The number of nitrogens with zero attached hydrogens (tertiary/aromatic N) is 2. The van der Waals surface area contributed by atoms with Crippen molar-refractivity contribution in [2.45, 2.75) is 33.3 Å². The highest BCUT2D eigenvalue weighted by atomic mass is 35.5. The van der Waals surface area contributed by atoms with Crippen LogP contribution < -0.4 is 14.9 Å². The number of amides is 1. The second kappa shape index (κ2) is 10.4. The molecule has 0 bridgehead atoms. The fourth-order valence-corrected chi connectivity index (χ4v) is 2.58. The smallest absolute Gasteiger partial charge is 0.274 e. The Hall–Kier alpha value is -3.11. The Morgan fingerprint density at radius 2 is 2.14 bits per heavy atom. The molecule has 2 rings (SSSR count). The Balaban J connectivity index is 2.17. The van der Waals surface area contributed by atoms with Gasteiger partial charge >= 0.3 is 0 Å². The summed E-state index contributed by atoms with van der Waals surface area (Å²) in [6, 6.07) is 8.68. The van der Waals surface area contributed by atoms with Crippen LogP contribution in [0.4, 0.5) is 4.39 Å². The minimum absolute atomic E-state index is 0.0344. The van der Waals surface area contributed by atoms with Crippen LogP contribution in [0.3, 0.4) is 0 Å². The number of benzene rings is 2. The average molecular weight is 418 g/mol. The SMILES string of the molecule is CCOc1cc(/C=N\NC(=O)c2ccc(C#N)cc2F)cc(Cl)c1O[C@H](C)CC. The molecule has 1 atom stereocenters. The van der Waals surface area contributed by atoms with Gasteiger partial charge in [-0.15, -0.1) is 0 Å². The van der Waals surface area contributed by atoms with E-state index in [1.807, 2.05) is 20.8 Å². The van der Waals surface area contributed by atoms with E-state index in [-0.39, 0.29) is 17.2 Å². The van der Waals surface area contributed by atoms with Crippen LogP contribution in [0.2, 0.25) is 5.02 Å². The lowest BCUT2D eigenvalue weighted by atomic mass is 10.1. The molecule has 8 heteroatoms. The topological polar surface area (TPSA) is 83.7 Å². The number of nitriles is 1. The summed E-state index contributed by atoms with van der Waals surface area (Å²) in [6.07, 6.45) is 2.14. The van der Waals surface area contributed by atoms with E-state index in [1.54, 1.807) is 18.2 Å². The highest BCUT2D eigenvalue weighted by Crippen LogP contribution is 2.37. The van der Waals surface area contributed by atoms with E-state index in [9.17, 15) is 9.18 Å². The number of ether oxygens (including phenoxy) is 2. The van der Waals surface area contributed by atoms with Crippen molar-refractivity contribution in [1.82, 2.24) is 5.43 Å². The van der Waals surface area contributed by atoms with Gasteiger partial charge in [-0.2, -0.15) is 10.4 Å². The van der Waals surface area contributed by atoms with Gasteiger partial charge in [0.15, 0.2) is 11.5 Å². The molecular weight excluding hydrogens is 397 g/mol. The van der Waals surface area contributed by atoms with E-state index in [4.69, 9.17) is 26.3 Å². The molecule has 0 radical (unpaired) electrons. The number of nitrogens with one attached hydrogen (secondary N) is 1. The van der Waals surface area contributed by atoms with Crippen LogP contribution >= 0.6 is 11.6 Å². The second-order valence-corrected chi connectivity index (χ2v) is 6.51. The zero-order valence-electron chi connectivity index (χ0n) is 16.3. The molecule has 2 aromatic carbocycles. The van der Waals surface area contributed by atoms with Crippen molar-refractivity contribution in [2.75, 3.05) is 6.61 Å². The maximum Gasteiger partial charge on any atom is 0.274 e. The van der Waals surface area contributed by atoms with Crippen LogP contribution in [0.25, 0.3) is 0 Å². The van der Waals surface area contributed by atoms with Crippen LogP contribution in [0.15, 0.2) is 35.4 Å². The van der Waals surface area contributed by atoms with Crippen LogP contribution in [-0.2, 0) is 0 Å². The zero-order chi connectivity index (χ0) is 21.4. The number of carbonyl (C=O) groups excluding carboxylic acids is 1. The highest BCUT2D eigenvalue weighted by Gasteiger charge is 2.15. The van der Waals surface area contributed by atoms with Gasteiger partial charge in [-0.05, 0) is 56.2 Å². The van der Waals surface area contributed by atoms with Crippen molar-refractivity contribution in [3.8, 4) is 17.6 Å². The van der Waals surface area contributed by atoms with Crippen molar-refractivity contribution in [3.63, 3.8) is 0 Å². The quantitative estimate of drug-likeness (QED) is 0.498. The van der Waals surface area contributed by atoms with E-state index in [0.717, 1.165) is 12.5 Å². The third kappa shape index (κ3) is 5.93. The first-order chi connectivity index (χ1) is 13.9. The van der Waals surface area contributed by atoms with E-state index < -0.39 is 11.7 Å². The lowest BCUT2D eigenvalue weighted by Crippen LogP contribution is -2.19. The summed E-state index contributed by atoms with van der Waals surface area (Å²) < 4.78 is 25.3. The van der Waals surface area contributed by atoms with Crippen molar-refractivity contribution < 1.29 is 18.7 Å². The number of hydrogen-bond donors (Lipinski definition) is 1. The first-order valence-corrected chi connectivity index (χ1v) is 9.43. The Kier molecular flexibility index (Phi) is 7.98. The Morgan fingerprint density at radius 1 is 1.38 bits per heavy atom. The van der Waals surface area contributed by atoms with Crippen LogP contribution in [-0.4, -0.2) is 24.8 Å². The fraction of sp³-hybridized carbons (Fsp3) is 0.286. The lowest BCUT2D eigenvalue weighted by molar-refractivity contribution is 0.0951. The average Bonchev–Trinajstić information content (AvgIpc) is 2.70. The van der Waals surface area contributed by atoms with Gasteiger partial charge in [0.25, 0.3) is 5.91 Å². The summed E-state index contributed by atoms with van der Waals surface area (Å²) in [7, 11) is 0. The van der Waals surface area contributed by atoms with E-state index in [1.165, 1.54) is 18.3 Å². The minimum Gasteiger partial charge on any atom is -0.490 e. The van der Waals surface area contributed by atoms with Gasteiger partial charge < -0.3 is 9.47 Å². The van der Waals surface area contributed by atoms with Crippen LogP contribution in [0.1, 0.15) is 48.7 Å². The predicted octanol–water partition coefficient (Wildman–Crippen LogP) is 4.69. The molecule has 29 heavy (non-hydrogen) atoms. The molecule has 152 valence electrons. The van der Waals surface area contributed by atoms with Gasteiger partial charge in [0, 0.05) is 0 Å². The predicted molar refractivity (Wildman–Crippen MR) is 109 cm³/mol. The molecule has 6 nitrogen and oxygen atoms in total. The number of halogens is 2. The fourth-order valence-electron chi connectivity index (χ4n) is 2.32. The van der Waals surface area contributed by atoms with Crippen LogP contribution in [0.5, 0.6) is 11.5 Å². The monoisotopic (exact) mass is 417 g/mol. The van der Waals surface area contributed by atoms with Gasteiger partial charge in [0.05, 0.1) is 41.1 Å². The van der Waals surface area contributed by atoms with Gasteiger partial charge in [-0.25, -0.2) is 9.82 Å². The maximum atomic E-state index is 13.9. The molecule has 0 aliphatic carbocycles. The van der Waals surface area contributed by atoms with Crippen molar-refractivity contribution in [1.29, 1.82) is 5.26 Å². The molecule has 0 unspecified atom stereocenters. The van der Waals surface area contributed by atoms with E-state index in [2.05, 4.69) is 10.5 Å². The molecule has 1 N–H and O–H groups in total. The normalized spacial score (nSPS) is 11.7. The van der Waals surface area contributed by atoms with Gasteiger partial charge in [0.1, 0.15) is 5.82 Å². The van der Waals surface area contributed by atoms with E-state index >= 15 is 0 Å². The van der Waals surface area contributed by atoms with Gasteiger partial charge in [-0.3, -0.25) is 4.79 Å². The summed E-state index contributed by atoms with van der Waals surface area (Å²) >= 11 is 6.33. The molecule has 0 saturated carbocycles. The third-order valence-corrected chi connectivity index (χ3v) is 4.23. The molecule has 0 heterocycles. The summed E-state index contributed by atoms with van der Waals surface area (Å²) in [5.74, 6) is -0.629. The molecular formula is C21H21ClFN3O3. The second-order valence-electron chi connectivity index (χ2n) is 6.11. The molecule has 1 amide bonds. The largest absolute Gasteiger partial charge is 0.490 e. The molecule has 0 aliphatic rings. The number of carbonyl (C=O) groups is 1. The molecule has 0 spiro atoms. The Bertz CT molecular complexity index is 957. The minimum atomic E-state index is -0.801. The standard InChI is InChI=1S/C21H21ClFN3O3/c1-4-13(3)29-20-17(22)8-15(10-19(20)28-5-2)12-25-26-21(27)16-7-6-14(11-24)9-18(16)23/h6-10,12-13H,4-5H2,1-3H3,(H,26,27)/b25-12-/t13-/m1/s1. The first-order valence-electron chi connectivity index (χ1n) is 9.05. The van der Waals surface area contributed by atoms with Gasteiger partial charge in [-0.1, -0.05) is 18.5 Å². The third-order valence-electron chi connectivity index (χ3n) is 3.95. The molecule has 0 saturated heterocycles. The number of rotatable bonds is 8. The summed E-state index contributed by atoms with van der Waals surface area (Å²) in [5.41, 5.74) is 2.72. The van der Waals surface area contributed by atoms with Crippen molar-refractivity contribution >= 4 is 23.7 Å². The van der Waals surface area contributed by atoms with E-state index in [0.29, 0.717) is 28.7 Å². The Morgan fingerprint density at radius 3 is 2.76 bits per heavy atom. The summed E-state index contributed by atoms with van der Waals surface area (Å²) in [5, 5.41) is 12.9.